The molecule has 8 rings (SSSR count). The number of pyridine rings is 1. The molecular formula is C31H18N2O2. The SMILES string of the molecule is c1ccc2c(c1)oc1c(-c3ccc(-c4cn5ccccc5n4)cc3)c3oc4ccccc4c3cc12. The summed E-state index contributed by atoms with van der Waals surface area (Å²) in [4.78, 5) is 4.77. The lowest BCUT2D eigenvalue weighted by atomic mass is 9.97. The molecular weight excluding hydrogens is 432 g/mol. The zero-order chi connectivity index (χ0) is 22.9. The second-order valence-corrected chi connectivity index (χ2v) is 8.87. The molecule has 4 nitrogen and oxygen atoms in total. The molecule has 0 bridgehead atoms. The van der Waals surface area contributed by atoms with Gasteiger partial charge in [0, 0.05) is 39.5 Å². The Balaban J connectivity index is 1.40. The molecule has 0 aliphatic carbocycles. The second kappa shape index (κ2) is 6.84. The van der Waals surface area contributed by atoms with Crippen molar-refractivity contribution in [3.63, 3.8) is 0 Å². The Morgan fingerprint density at radius 1 is 0.571 bits per heavy atom. The first-order valence-electron chi connectivity index (χ1n) is 11.6. The summed E-state index contributed by atoms with van der Waals surface area (Å²) < 4.78 is 14.9. The van der Waals surface area contributed by atoms with E-state index >= 15 is 0 Å². The largest absolute Gasteiger partial charge is 0.455 e. The number of hydrogen-bond donors (Lipinski definition) is 0. The lowest BCUT2D eigenvalue weighted by Gasteiger charge is -2.06. The minimum Gasteiger partial charge on any atom is -0.455 e. The normalized spacial score (nSPS) is 12.0. The van der Waals surface area contributed by atoms with Crippen molar-refractivity contribution in [2.24, 2.45) is 0 Å². The number of furan rings is 2. The van der Waals surface area contributed by atoms with Crippen LogP contribution >= 0.6 is 0 Å². The smallest absolute Gasteiger partial charge is 0.147 e. The van der Waals surface area contributed by atoms with Crippen molar-refractivity contribution in [1.82, 2.24) is 9.38 Å². The average Bonchev–Trinajstić information content (AvgIpc) is 3.60. The molecule has 4 aromatic heterocycles. The van der Waals surface area contributed by atoms with Crippen molar-refractivity contribution in [3.05, 3.63) is 109 Å². The molecule has 0 fully saturated rings. The van der Waals surface area contributed by atoms with E-state index in [2.05, 4.69) is 60.8 Å². The van der Waals surface area contributed by atoms with Gasteiger partial charge in [0.25, 0.3) is 0 Å². The third-order valence-electron chi connectivity index (χ3n) is 6.84. The fourth-order valence-corrected chi connectivity index (χ4v) is 5.18. The van der Waals surface area contributed by atoms with Crippen molar-refractivity contribution >= 4 is 49.5 Å². The van der Waals surface area contributed by atoms with Crippen LogP contribution in [0.5, 0.6) is 0 Å². The van der Waals surface area contributed by atoms with E-state index in [9.17, 15) is 0 Å². The minimum atomic E-state index is 0.846. The van der Waals surface area contributed by atoms with E-state index in [0.717, 1.165) is 71.9 Å². The summed E-state index contributed by atoms with van der Waals surface area (Å²) in [5.74, 6) is 0. The molecule has 0 atom stereocenters. The highest BCUT2D eigenvalue weighted by atomic mass is 16.3. The summed E-state index contributed by atoms with van der Waals surface area (Å²) >= 11 is 0. The Kier molecular flexibility index (Phi) is 3.63. The number of para-hydroxylation sites is 2. The molecule has 8 aromatic rings. The highest BCUT2D eigenvalue weighted by Gasteiger charge is 2.21. The number of benzene rings is 4. The molecule has 35 heavy (non-hydrogen) atoms. The predicted octanol–water partition coefficient (Wildman–Crippen LogP) is 8.47. The molecule has 0 saturated heterocycles. The van der Waals surface area contributed by atoms with Gasteiger partial charge in [-0.1, -0.05) is 66.7 Å². The molecule has 0 spiro atoms. The van der Waals surface area contributed by atoms with Gasteiger partial charge in [-0.2, -0.15) is 0 Å². The summed E-state index contributed by atoms with van der Waals surface area (Å²) in [6, 6.07) is 33.1. The van der Waals surface area contributed by atoms with Crippen LogP contribution in [0.4, 0.5) is 0 Å². The fraction of sp³-hybridized carbons (Fsp3) is 0. The van der Waals surface area contributed by atoms with Crippen LogP contribution in [0.2, 0.25) is 0 Å². The van der Waals surface area contributed by atoms with E-state index in [-0.39, 0.29) is 0 Å². The van der Waals surface area contributed by atoms with Crippen molar-refractivity contribution in [3.8, 4) is 22.4 Å². The van der Waals surface area contributed by atoms with Crippen LogP contribution in [0.3, 0.4) is 0 Å². The van der Waals surface area contributed by atoms with Crippen LogP contribution in [-0.4, -0.2) is 9.38 Å². The van der Waals surface area contributed by atoms with Crippen LogP contribution in [0, 0.1) is 0 Å². The van der Waals surface area contributed by atoms with E-state index in [1.165, 1.54) is 0 Å². The lowest BCUT2D eigenvalue weighted by Crippen LogP contribution is -1.83. The first-order chi connectivity index (χ1) is 17.3. The summed E-state index contributed by atoms with van der Waals surface area (Å²) in [5.41, 5.74) is 8.41. The number of fused-ring (bicyclic) bond motifs is 7. The van der Waals surface area contributed by atoms with Gasteiger partial charge in [0.05, 0.1) is 11.3 Å². The maximum Gasteiger partial charge on any atom is 0.147 e. The molecule has 4 heterocycles. The minimum absolute atomic E-state index is 0.846. The van der Waals surface area contributed by atoms with Gasteiger partial charge in [0.2, 0.25) is 0 Å². The molecule has 0 amide bonds. The van der Waals surface area contributed by atoms with E-state index in [4.69, 9.17) is 13.8 Å². The Morgan fingerprint density at radius 2 is 1.17 bits per heavy atom. The molecule has 0 aliphatic heterocycles. The molecule has 0 saturated carbocycles. The topological polar surface area (TPSA) is 43.6 Å². The molecule has 0 unspecified atom stereocenters. The number of hydrogen-bond acceptors (Lipinski definition) is 3. The maximum atomic E-state index is 6.42. The van der Waals surface area contributed by atoms with E-state index in [1.807, 2.05) is 53.1 Å². The Labute approximate surface area is 199 Å². The number of nitrogens with zero attached hydrogens (tertiary/aromatic N) is 2. The third kappa shape index (κ3) is 2.65. The quantitative estimate of drug-likeness (QED) is 0.265. The van der Waals surface area contributed by atoms with Gasteiger partial charge >= 0.3 is 0 Å². The van der Waals surface area contributed by atoms with E-state index < -0.39 is 0 Å². The van der Waals surface area contributed by atoms with Gasteiger partial charge in [-0.25, -0.2) is 4.98 Å². The van der Waals surface area contributed by atoms with Crippen LogP contribution in [0.15, 0.2) is 118 Å². The highest BCUT2D eigenvalue weighted by Crippen LogP contribution is 2.44. The van der Waals surface area contributed by atoms with Crippen molar-refractivity contribution < 1.29 is 8.83 Å². The summed E-state index contributed by atoms with van der Waals surface area (Å²) in [5, 5.41) is 4.41. The van der Waals surface area contributed by atoms with Crippen LogP contribution in [-0.2, 0) is 0 Å². The summed E-state index contributed by atoms with van der Waals surface area (Å²) in [6.07, 6.45) is 4.07. The molecule has 4 heteroatoms. The molecule has 0 radical (unpaired) electrons. The van der Waals surface area contributed by atoms with Gasteiger partial charge in [-0.15, -0.1) is 0 Å². The van der Waals surface area contributed by atoms with Crippen LogP contribution in [0.25, 0.3) is 71.9 Å². The third-order valence-corrected chi connectivity index (χ3v) is 6.84. The zero-order valence-corrected chi connectivity index (χ0v) is 18.6. The zero-order valence-electron chi connectivity index (χ0n) is 18.6. The molecule has 0 N–H and O–H groups in total. The monoisotopic (exact) mass is 450 g/mol. The Bertz CT molecular complexity index is 1930. The number of rotatable bonds is 2. The van der Waals surface area contributed by atoms with Gasteiger partial charge in [-0.05, 0) is 35.9 Å². The van der Waals surface area contributed by atoms with Crippen molar-refractivity contribution in [1.29, 1.82) is 0 Å². The van der Waals surface area contributed by atoms with Gasteiger partial charge in [-0.3, -0.25) is 0 Å². The molecule has 164 valence electrons. The highest BCUT2D eigenvalue weighted by molar-refractivity contribution is 6.21. The van der Waals surface area contributed by atoms with Crippen molar-refractivity contribution in [2.75, 3.05) is 0 Å². The average molecular weight is 450 g/mol. The maximum absolute atomic E-state index is 6.42. The van der Waals surface area contributed by atoms with Gasteiger partial charge in [0.1, 0.15) is 28.0 Å². The van der Waals surface area contributed by atoms with E-state index in [0.29, 0.717) is 0 Å². The van der Waals surface area contributed by atoms with E-state index in [1.54, 1.807) is 0 Å². The standard InChI is InChI=1S/C31H18N2O2/c1-3-9-26-21(7-1)23-17-24-22-8-2-4-10-27(22)35-31(24)29(30(23)34-26)20-14-12-19(13-15-20)25-18-33-16-6-5-11-28(33)32-25/h1-18H. The Morgan fingerprint density at radius 3 is 1.83 bits per heavy atom. The fourth-order valence-electron chi connectivity index (χ4n) is 5.18. The second-order valence-electron chi connectivity index (χ2n) is 8.87. The lowest BCUT2D eigenvalue weighted by molar-refractivity contribution is 0.658. The number of imidazole rings is 1. The molecule has 0 aliphatic rings. The first kappa shape index (κ1) is 18.6. The van der Waals surface area contributed by atoms with Crippen molar-refractivity contribution in [2.45, 2.75) is 0 Å². The van der Waals surface area contributed by atoms with Crippen LogP contribution < -0.4 is 0 Å². The molecule has 4 aromatic carbocycles. The summed E-state index contributed by atoms with van der Waals surface area (Å²) in [7, 11) is 0. The Hall–Kier alpha value is -4.83. The first-order valence-corrected chi connectivity index (χ1v) is 11.6. The van der Waals surface area contributed by atoms with Gasteiger partial charge < -0.3 is 13.2 Å². The number of aromatic nitrogens is 2. The predicted molar refractivity (Wildman–Crippen MR) is 141 cm³/mol. The summed E-state index contributed by atoms with van der Waals surface area (Å²) in [6.45, 7) is 0. The van der Waals surface area contributed by atoms with Gasteiger partial charge in [0.15, 0.2) is 0 Å². The van der Waals surface area contributed by atoms with Crippen LogP contribution in [0.1, 0.15) is 0 Å².